The van der Waals surface area contributed by atoms with E-state index in [1.807, 2.05) is 0 Å². The van der Waals surface area contributed by atoms with Gasteiger partial charge in [0, 0.05) is 6.20 Å². The fourth-order valence-electron chi connectivity index (χ4n) is 2.28. The quantitative estimate of drug-likeness (QED) is 0.862. The van der Waals surface area contributed by atoms with Gasteiger partial charge in [0.05, 0.1) is 17.7 Å². The average Bonchev–Trinajstić information content (AvgIpc) is 2.71. The van der Waals surface area contributed by atoms with Gasteiger partial charge >= 0.3 is 5.97 Å². The molecule has 21 heavy (non-hydrogen) atoms. The maximum Gasteiger partial charge on any atom is 0.307 e. The lowest BCUT2D eigenvalue weighted by Crippen LogP contribution is -2.29. The van der Waals surface area contributed by atoms with Gasteiger partial charge in [0.1, 0.15) is 5.69 Å². The molecule has 1 aromatic heterocycles. The van der Waals surface area contributed by atoms with Gasteiger partial charge in [0.15, 0.2) is 0 Å². The summed E-state index contributed by atoms with van der Waals surface area (Å²) in [6, 6.07) is 9.50. The van der Waals surface area contributed by atoms with Crippen LogP contribution in [0.1, 0.15) is 26.4 Å². The molecule has 0 spiro atoms. The van der Waals surface area contributed by atoms with Gasteiger partial charge in [-0.1, -0.05) is 12.1 Å². The zero-order valence-electron chi connectivity index (χ0n) is 10.8. The summed E-state index contributed by atoms with van der Waals surface area (Å²) in [5.74, 6) is -1.92. The molecule has 2 heterocycles. The van der Waals surface area contributed by atoms with Crippen LogP contribution in [-0.4, -0.2) is 27.9 Å². The maximum absolute atomic E-state index is 12.3. The van der Waals surface area contributed by atoms with E-state index in [1.54, 1.807) is 30.3 Å². The summed E-state index contributed by atoms with van der Waals surface area (Å²) in [4.78, 5) is 40.3. The van der Waals surface area contributed by atoms with Gasteiger partial charge in [-0.2, -0.15) is 0 Å². The summed E-state index contributed by atoms with van der Waals surface area (Å²) in [5.41, 5.74) is 1.24. The third-order valence-corrected chi connectivity index (χ3v) is 3.17. The van der Waals surface area contributed by atoms with E-state index >= 15 is 0 Å². The average molecular weight is 282 g/mol. The van der Waals surface area contributed by atoms with Crippen LogP contribution < -0.4 is 4.90 Å². The van der Waals surface area contributed by atoms with Crippen LogP contribution in [0.4, 0.5) is 5.69 Å². The number of benzene rings is 1. The van der Waals surface area contributed by atoms with Crippen molar-refractivity contribution in [2.24, 2.45) is 0 Å². The molecule has 1 aromatic carbocycles. The first-order valence-electron chi connectivity index (χ1n) is 6.22. The summed E-state index contributed by atoms with van der Waals surface area (Å²) in [5, 5.41) is 8.81. The van der Waals surface area contributed by atoms with Gasteiger partial charge in [-0.05, 0) is 29.8 Å². The Morgan fingerprint density at radius 1 is 1.14 bits per heavy atom. The lowest BCUT2D eigenvalue weighted by molar-refractivity contribution is -0.136. The zero-order chi connectivity index (χ0) is 15.0. The Bertz CT molecular complexity index is 735. The molecule has 0 atom stereocenters. The van der Waals surface area contributed by atoms with E-state index in [0.29, 0.717) is 11.3 Å². The van der Waals surface area contributed by atoms with Crippen molar-refractivity contribution in [3.05, 3.63) is 59.4 Å². The number of carbonyl (C=O) groups excluding carboxylic acids is 2. The number of aromatic nitrogens is 1. The number of pyridine rings is 1. The van der Waals surface area contributed by atoms with Crippen LogP contribution in [-0.2, 0) is 11.2 Å². The molecule has 0 unspecified atom stereocenters. The zero-order valence-corrected chi connectivity index (χ0v) is 10.8. The minimum Gasteiger partial charge on any atom is -0.481 e. The second-order valence-corrected chi connectivity index (χ2v) is 4.59. The van der Waals surface area contributed by atoms with Gasteiger partial charge in [0.2, 0.25) is 0 Å². The highest BCUT2D eigenvalue weighted by molar-refractivity contribution is 6.33. The lowest BCUT2D eigenvalue weighted by atomic mass is 10.1. The fourth-order valence-corrected chi connectivity index (χ4v) is 2.28. The first-order valence-corrected chi connectivity index (χ1v) is 6.22. The number of rotatable bonds is 3. The molecule has 0 aliphatic carbocycles. The Kier molecular flexibility index (Phi) is 2.98. The Balaban J connectivity index is 2.01. The molecule has 0 saturated carbocycles. The lowest BCUT2D eigenvalue weighted by Gasteiger charge is -2.14. The van der Waals surface area contributed by atoms with Crippen molar-refractivity contribution in [2.75, 3.05) is 4.90 Å². The summed E-state index contributed by atoms with van der Waals surface area (Å²) in [7, 11) is 0. The highest BCUT2D eigenvalue weighted by Gasteiger charge is 2.37. The van der Waals surface area contributed by atoms with Gasteiger partial charge < -0.3 is 5.11 Å². The van der Waals surface area contributed by atoms with Crippen LogP contribution in [0.15, 0.2) is 42.6 Å². The largest absolute Gasteiger partial charge is 0.481 e. The third-order valence-electron chi connectivity index (χ3n) is 3.17. The molecular formula is C15H10N2O4. The third kappa shape index (κ3) is 2.16. The molecule has 2 amide bonds. The number of nitrogens with zero attached hydrogens (tertiary/aromatic N) is 2. The molecule has 6 nitrogen and oxygen atoms in total. The topological polar surface area (TPSA) is 87.6 Å². The Morgan fingerprint density at radius 3 is 2.67 bits per heavy atom. The van der Waals surface area contributed by atoms with Gasteiger partial charge in [-0.15, -0.1) is 0 Å². The van der Waals surface area contributed by atoms with E-state index in [9.17, 15) is 14.4 Å². The molecule has 3 rings (SSSR count). The molecule has 0 fully saturated rings. The van der Waals surface area contributed by atoms with Gasteiger partial charge in [-0.3, -0.25) is 19.4 Å². The minimum absolute atomic E-state index is 0.117. The Morgan fingerprint density at radius 2 is 1.95 bits per heavy atom. The predicted octanol–water partition coefficient (Wildman–Crippen LogP) is 1.51. The molecule has 1 N–H and O–H groups in total. The van der Waals surface area contributed by atoms with Crippen LogP contribution in [0.5, 0.6) is 0 Å². The number of amides is 2. The number of carboxylic acid groups (broad SMARTS) is 1. The number of aliphatic carboxylic acids is 1. The van der Waals surface area contributed by atoms with Crippen LogP contribution in [0.3, 0.4) is 0 Å². The van der Waals surface area contributed by atoms with Crippen molar-refractivity contribution in [1.29, 1.82) is 0 Å². The standard InChI is InChI=1S/C15H10N2O4/c18-12(19)8-9-3-1-4-10(7-9)17-14(20)11-5-2-6-16-13(11)15(17)21/h1-7H,8H2,(H,18,19). The Labute approximate surface area is 119 Å². The summed E-state index contributed by atoms with van der Waals surface area (Å²) in [6.45, 7) is 0. The summed E-state index contributed by atoms with van der Waals surface area (Å²) in [6.07, 6.45) is 1.28. The monoisotopic (exact) mass is 282 g/mol. The van der Waals surface area contributed by atoms with Crippen molar-refractivity contribution in [3.63, 3.8) is 0 Å². The molecule has 0 bridgehead atoms. The molecule has 1 aliphatic rings. The van der Waals surface area contributed by atoms with Crippen LogP contribution in [0.2, 0.25) is 0 Å². The molecule has 1 aliphatic heterocycles. The number of carboxylic acids is 1. The van der Waals surface area contributed by atoms with Gasteiger partial charge in [0.25, 0.3) is 11.8 Å². The maximum atomic E-state index is 12.3. The number of hydrogen-bond donors (Lipinski definition) is 1. The number of anilines is 1. The SMILES string of the molecule is O=C(O)Cc1cccc(N2C(=O)c3cccnc3C2=O)c1. The van der Waals surface area contributed by atoms with E-state index in [2.05, 4.69) is 4.98 Å². The first-order chi connectivity index (χ1) is 10.1. The van der Waals surface area contributed by atoms with Crippen LogP contribution in [0, 0.1) is 0 Å². The number of fused-ring (bicyclic) bond motifs is 1. The van der Waals surface area contributed by atoms with E-state index in [0.717, 1.165) is 4.90 Å². The van der Waals surface area contributed by atoms with Crippen molar-refractivity contribution in [3.8, 4) is 0 Å². The second-order valence-electron chi connectivity index (χ2n) is 4.59. The molecule has 0 radical (unpaired) electrons. The predicted molar refractivity (Wildman–Crippen MR) is 73.2 cm³/mol. The number of imide groups is 1. The fraction of sp³-hybridized carbons (Fsp3) is 0.0667. The number of hydrogen-bond acceptors (Lipinski definition) is 4. The smallest absolute Gasteiger partial charge is 0.307 e. The van der Waals surface area contributed by atoms with Crippen LogP contribution >= 0.6 is 0 Å². The van der Waals surface area contributed by atoms with E-state index < -0.39 is 17.8 Å². The van der Waals surface area contributed by atoms with Crippen molar-refractivity contribution in [2.45, 2.75) is 6.42 Å². The van der Waals surface area contributed by atoms with Crippen molar-refractivity contribution >= 4 is 23.5 Å². The summed E-state index contributed by atoms with van der Waals surface area (Å²) < 4.78 is 0. The first kappa shape index (κ1) is 13.0. The van der Waals surface area contributed by atoms with Crippen molar-refractivity contribution < 1.29 is 19.5 Å². The highest BCUT2D eigenvalue weighted by Crippen LogP contribution is 2.27. The van der Waals surface area contributed by atoms with E-state index in [1.165, 1.54) is 12.3 Å². The van der Waals surface area contributed by atoms with Gasteiger partial charge in [-0.25, -0.2) is 4.90 Å². The Hall–Kier alpha value is -3.02. The van der Waals surface area contributed by atoms with E-state index in [4.69, 9.17) is 5.11 Å². The summed E-state index contributed by atoms with van der Waals surface area (Å²) >= 11 is 0. The molecule has 0 saturated heterocycles. The normalized spacial score (nSPS) is 13.4. The van der Waals surface area contributed by atoms with E-state index in [-0.39, 0.29) is 17.7 Å². The molecule has 6 heteroatoms. The molecular weight excluding hydrogens is 272 g/mol. The van der Waals surface area contributed by atoms with Crippen molar-refractivity contribution in [1.82, 2.24) is 4.98 Å². The minimum atomic E-state index is -0.976. The molecule has 2 aromatic rings. The van der Waals surface area contributed by atoms with Crippen LogP contribution in [0.25, 0.3) is 0 Å². The number of carbonyl (C=O) groups is 3. The molecule has 104 valence electrons. The highest BCUT2D eigenvalue weighted by atomic mass is 16.4. The second kappa shape index (κ2) is 4.82.